The Bertz CT molecular complexity index is 1050. The maximum Gasteiger partial charge on any atom is 0.253 e. The first-order valence-corrected chi connectivity index (χ1v) is 10.2. The molecule has 29 heavy (non-hydrogen) atoms. The van der Waals surface area contributed by atoms with E-state index in [1.165, 1.54) is 12.0 Å². The van der Waals surface area contributed by atoms with Crippen molar-refractivity contribution in [3.63, 3.8) is 0 Å². The zero-order valence-electron chi connectivity index (χ0n) is 17.3. The number of piperidine rings is 1. The molecule has 0 spiro atoms. The van der Waals surface area contributed by atoms with E-state index in [9.17, 15) is 4.79 Å². The molecule has 0 amide bonds. The summed E-state index contributed by atoms with van der Waals surface area (Å²) in [6, 6.07) is 5.89. The van der Waals surface area contributed by atoms with Gasteiger partial charge in [0, 0.05) is 18.2 Å². The topological polar surface area (TPSA) is 88.9 Å². The summed E-state index contributed by atoms with van der Waals surface area (Å²) in [4.78, 5) is 18.6. The van der Waals surface area contributed by atoms with Crippen LogP contribution in [0.4, 0.5) is 0 Å². The summed E-state index contributed by atoms with van der Waals surface area (Å²) in [5, 5.41) is 13.4. The molecule has 4 rings (SSSR count). The van der Waals surface area contributed by atoms with Crippen LogP contribution in [0.1, 0.15) is 47.8 Å². The first-order chi connectivity index (χ1) is 14.1. The molecule has 8 nitrogen and oxygen atoms in total. The zero-order chi connectivity index (χ0) is 20.4. The Kier molecular flexibility index (Phi) is 5.73. The number of fused-ring (bicyclic) bond motifs is 1. The van der Waals surface area contributed by atoms with Gasteiger partial charge in [0.05, 0.1) is 13.2 Å². The Morgan fingerprint density at radius 3 is 2.66 bits per heavy atom. The van der Waals surface area contributed by atoms with Crippen molar-refractivity contribution in [2.75, 3.05) is 26.8 Å². The van der Waals surface area contributed by atoms with Crippen LogP contribution in [-0.4, -0.2) is 56.9 Å². The van der Waals surface area contributed by atoms with E-state index in [2.05, 4.69) is 45.3 Å². The summed E-state index contributed by atoms with van der Waals surface area (Å²) >= 11 is 0. The van der Waals surface area contributed by atoms with Crippen LogP contribution in [0.5, 0.6) is 0 Å². The molecule has 0 unspecified atom stereocenters. The Hall–Kier alpha value is -2.58. The van der Waals surface area contributed by atoms with E-state index < -0.39 is 0 Å². The van der Waals surface area contributed by atoms with Gasteiger partial charge in [-0.25, -0.2) is 4.68 Å². The Morgan fingerprint density at radius 2 is 1.90 bits per heavy atom. The lowest BCUT2D eigenvalue weighted by atomic mass is 9.99. The van der Waals surface area contributed by atoms with Gasteiger partial charge >= 0.3 is 0 Å². The lowest BCUT2D eigenvalue weighted by molar-refractivity contribution is 0.163. The number of aromatic nitrogens is 5. The number of nitrogens with one attached hydrogen (secondary N) is 1. The van der Waals surface area contributed by atoms with Gasteiger partial charge in [0.25, 0.3) is 5.56 Å². The van der Waals surface area contributed by atoms with Gasteiger partial charge in [-0.15, -0.1) is 5.10 Å². The second kappa shape index (κ2) is 8.42. The largest absolute Gasteiger partial charge is 0.383 e. The highest BCUT2D eigenvalue weighted by molar-refractivity contribution is 5.81. The van der Waals surface area contributed by atoms with Gasteiger partial charge in [-0.1, -0.05) is 6.42 Å². The lowest BCUT2D eigenvalue weighted by Crippen LogP contribution is -2.38. The minimum atomic E-state index is -0.281. The minimum Gasteiger partial charge on any atom is -0.383 e. The van der Waals surface area contributed by atoms with Gasteiger partial charge in [-0.2, -0.15) is 0 Å². The number of hydrogen-bond acceptors (Lipinski definition) is 6. The van der Waals surface area contributed by atoms with E-state index in [1.807, 2.05) is 12.1 Å². The summed E-state index contributed by atoms with van der Waals surface area (Å²) in [5.74, 6) is 0.692. The molecule has 1 saturated heterocycles. The predicted octanol–water partition coefficient (Wildman–Crippen LogP) is 2.35. The van der Waals surface area contributed by atoms with Crippen LogP contribution >= 0.6 is 0 Å². The lowest BCUT2D eigenvalue weighted by Gasteiger charge is -2.33. The Balaban J connectivity index is 1.85. The number of methoxy groups -OCH3 is 1. The van der Waals surface area contributed by atoms with Crippen molar-refractivity contribution in [1.29, 1.82) is 0 Å². The number of hydrogen-bond donors (Lipinski definition) is 1. The van der Waals surface area contributed by atoms with Gasteiger partial charge in [-0.3, -0.25) is 9.69 Å². The molecule has 3 heterocycles. The molecule has 154 valence electrons. The number of likely N-dealkylation sites (tertiary alicyclic amines) is 1. The summed E-state index contributed by atoms with van der Waals surface area (Å²) < 4.78 is 6.97. The number of ether oxygens (including phenoxy) is 1. The van der Waals surface area contributed by atoms with E-state index in [1.54, 1.807) is 11.8 Å². The van der Waals surface area contributed by atoms with Crippen molar-refractivity contribution in [3.05, 3.63) is 51.1 Å². The fourth-order valence-corrected chi connectivity index (χ4v) is 4.12. The van der Waals surface area contributed by atoms with Crippen molar-refractivity contribution in [1.82, 2.24) is 30.1 Å². The Morgan fingerprint density at radius 1 is 1.14 bits per heavy atom. The van der Waals surface area contributed by atoms with Gasteiger partial charge < -0.3 is 9.72 Å². The number of aryl methyl sites for hydroxylation is 2. The molecule has 0 radical (unpaired) electrons. The fraction of sp³-hybridized carbons (Fsp3) is 0.524. The zero-order valence-corrected chi connectivity index (χ0v) is 17.3. The molecule has 0 bridgehead atoms. The summed E-state index contributed by atoms with van der Waals surface area (Å²) in [6.45, 7) is 7.05. The molecule has 1 N–H and O–H groups in total. The third-order valence-corrected chi connectivity index (χ3v) is 5.85. The molecule has 0 saturated carbocycles. The van der Waals surface area contributed by atoms with Crippen LogP contribution in [0.15, 0.2) is 23.0 Å². The molecule has 8 heteroatoms. The first kappa shape index (κ1) is 19.7. The van der Waals surface area contributed by atoms with Crippen LogP contribution in [0.2, 0.25) is 0 Å². The number of benzene rings is 1. The molecule has 1 aliphatic rings. The summed E-state index contributed by atoms with van der Waals surface area (Å²) in [7, 11) is 1.66. The van der Waals surface area contributed by atoms with Crippen LogP contribution in [0, 0.1) is 13.8 Å². The molecule has 1 atom stereocenters. The standard InChI is InChI=1S/C21H28N6O2/c1-14-11-16-13-17(21(28)22-18(16)12-15(14)2)19(26-7-5-4-6-8-26)20-23-24-25-27(20)9-10-29-3/h11-13,19H,4-10H2,1-3H3,(H,22,28)/t19-/m1/s1. The molecule has 1 aromatic carbocycles. The molecule has 0 aliphatic carbocycles. The molecule has 1 aliphatic heterocycles. The van der Waals surface area contributed by atoms with E-state index in [0.29, 0.717) is 24.5 Å². The molecular formula is C21H28N6O2. The number of aromatic amines is 1. The minimum absolute atomic E-state index is 0.0855. The maximum absolute atomic E-state index is 13.1. The van der Waals surface area contributed by atoms with Crippen LogP contribution in [0.3, 0.4) is 0 Å². The van der Waals surface area contributed by atoms with Gasteiger partial charge in [-0.05, 0) is 84.9 Å². The normalized spacial score (nSPS) is 16.4. The molecule has 1 fully saturated rings. The van der Waals surface area contributed by atoms with Crippen molar-refractivity contribution in [2.45, 2.75) is 45.7 Å². The number of nitrogens with zero attached hydrogens (tertiary/aromatic N) is 5. The predicted molar refractivity (Wildman–Crippen MR) is 111 cm³/mol. The number of pyridine rings is 1. The van der Waals surface area contributed by atoms with Crippen LogP contribution < -0.4 is 5.56 Å². The average Bonchev–Trinajstić information content (AvgIpc) is 3.17. The highest BCUT2D eigenvalue weighted by atomic mass is 16.5. The monoisotopic (exact) mass is 396 g/mol. The SMILES string of the molecule is COCCn1nnnc1[C@@H](c1cc2cc(C)c(C)cc2[nH]c1=O)N1CCCCC1. The third-order valence-electron chi connectivity index (χ3n) is 5.85. The third kappa shape index (κ3) is 3.95. The maximum atomic E-state index is 13.1. The molecule has 2 aromatic heterocycles. The summed E-state index contributed by atoms with van der Waals surface area (Å²) in [5.41, 5.74) is 3.83. The number of H-pyrrole nitrogens is 1. The van der Waals surface area contributed by atoms with Gasteiger partial charge in [0.1, 0.15) is 6.04 Å². The first-order valence-electron chi connectivity index (χ1n) is 10.2. The number of tetrazole rings is 1. The van der Waals surface area contributed by atoms with E-state index in [-0.39, 0.29) is 11.6 Å². The van der Waals surface area contributed by atoms with Crippen LogP contribution in [-0.2, 0) is 11.3 Å². The highest BCUT2D eigenvalue weighted by Gasteiger charge is 2.31. The van der Waals surface area contributed by atoms with Gasteiger partial charge in [0.15, 0.2) is 5.82 Å². The molecule has 3 aromatic rings. The second-order valence-corrected chi connectivity index (χ2v) is 7.83. The van der Waals surface area contributed by atoms with E-state index >= 15 is 0 Å². The highest BCUT2D eigenvalue weighted by Crippen LogP contribution is 2.29. The fourth-order valence-electron chi connectivity index (χ4n) is 4.12. The summed E-state index contributed by atoms with van der Waals surface area (Å²) in [6.07, 6.45) is 3.43. The average molecular weight is 396 g/mol. The van der Waals surface area contributed by atoms with Crippen molar-refractivity contribution < 1.29 is 4.74 Å². The van der Waals surface area contributed by atoms with E-state index in [4.69, 9.17) is 4.74 Å². The Labute approximate surface area is 169 Å². The quantitative estimate of drug-likeness (QED) is 0.688. The van der Waals surface area contributed by atoms with E-state index in [0.717, 1.165) is 42.4 Å². The number of rotatable bonds is 6. The van der Waals surface area contributed by atoms with Crippen molar-refractivity contribution in [3.8, 4) is 0 Å². The molecular weight excluding hydrogens is 368 g/mol. The second-order valence-electron chi connectivity index (χ2n) is 7.83. The van der Waals surface area contributed by atoms with Crippen LogP contribution in [0.25, 0.3) is 10.9 Å². The smallest absolute Gasteiger partial charge is 0.253 e. The van der Waals surface area contributed by atoms with Gasteiger partial charge in [0.2, 0.25) is 0 Å². The van der Waals surface area contributed by atoms with Crippen molar-refractivity contribution in [2.24, 2.45) is 0 Å². The van der Waals surface area contributed by atoms with Crippen molar-refractivity contribution >= 4 is 10.9 Å².